The molecular weight excluding hydrogens is 274 g/mol. The van der Waals surface area contributed by atoms with Crippen LogP contribution in [0.25, 0.3) is 0 Å². The Labute approximate surface area is 103 Å². The lowest BCUT2D eigenvalue weighted by Crippen LogP contribution is -2.27. The lowest BCUT2D eigenvalue weighted by molar-refractivity contribution is 0.0912. The molecule has 0 aliphatic carbocycles. The van der Waals surface area contributed by atoms with Crippen LogP contribution in [0.15, 0.2) is 15.2 Å². The van der Waals surface area contributed by atoms with Gasteiger partial charge in [-0.25, -0.2) is 0 Å². The predicted molar refractivity (Wildman–Crippen MR) is 64.4 cm³/mol. The van der Waals surface area contributed by atoms with Crippen LogP contribution in [0.1, 0.15) is 35.9 Å². The van der Waals surface area contributed by atoms with E-state index in [2.05, 4.69) is 21.2 Å². The van der Waals surface area contributed by atoms with Crippen LogP contribution in [-0.2, 0) is 0 Å². The monoisotopic (exact) mass is 289 g/mol. The zero-order chi connectivity index (χ0) is 12.1. The molecule has 1 amide bonds. The number of aliphatic hydroxyl groups excluding tert-OH is 1. The molecule has 0 spiro atoms. The highest BCUT2D eigenvalue weighted by atomic mass is 79.9. The molecule has 16 heavy (non-hydrogen) atoms. The fourth-order valence-electron chi connectivity index (χ4n) is 1.31. The third kappa shape index (κ3) is 3.64. The minimum atomic E-state index is -0.357. The highest BCUT2D eigenvalue weighted by Crippen LogP contribution is 2.19. The summed E-state index contributed by atoms with van der Waals surface area (Å²) in [6.45, 7) is 4.16. The Morgan fingerprint density at radius 1 is 1.69 bits per heavy atom. The van der Waals surface area contributed by atoms with E-state index in [4.69, 9.17) is 4.42 Å². The molecular formula is C11H16BrNO3. The van der Waals surface area contributed by atoms with Gasteiger partial charge in [0.05, 0.1) is 6.10 Å². The van der Waals surface area contributed by atoms with Crippen molar-refractivity contribution in [2.45, 2.75) is 32.8 Å². The van der Waals surface area contributed by atoms with Crippen molar-refractivity contribution in [3.05, 3.63) is 22.1 Å². The Hall–Kier alpha value is -0.810. The number of nitrogens with one attached hydrogen (secondary N) is 1. The van der Waals surface area contributed by atoms with Crippen molar-refractivity contribution in [1.82, 2.24) is 5.32 Å². The molecule has 1 unspecified atom stereocenters. The summed E-state index contributed by atoms with van der Waals surface area (Å²) in [4.78, 5) is 11.6. The molecule has 4 nitrogen and oxygen atoms in total. The SMILES string of the molecule is CCC(O)CCNC(=O)c1oc(Br)cc1C. The zero-order valence-corrected chi connectivity index (χ0v) is 11.0. The van der Waals surface area contributed by atoms with Gasteiger partial charge in [0.2, 0.25) is 0 Å². The molecule has 1 aromatic heterocycles. The number of rotatable bonds is 5. The number of amides is 1. The second kappa shape index (κ2) is 6.06. The average Bonchev–Trinajstić information content (AvgIpc) is 2.57. The van der Waals surface area contributed by atoms with E-state index >= 15 is 0 Å². The molecule has 0 saturated heterocycles. The van der Waals surface area contributed by atoms with Crippen LogP contribution in [0.5, 0.6) is 0 Å². The molecule has 0 bridgehead atoms. The summed E-state index contributed by atoms with van der Waals surface area (Å²) in [6.07, 6.45) is 0.898. The van der Waals surface area contributed by atoms with E-state index in [0.29, 0.717) is 29.8 Å². The number of hydrogen-bond acceptors (Lipinski definition) is 3. The number of halogens is 1. The van der Waals surface area contributed by atoms with Gasteiger partial charge in [0.15, 0.2) is 10.4 Å². The molecule has 0 aliphatic heterocycles. The van der Waals surface area contributed by atoms with Crippen LogP contribution in [0.4, 0.5) is 0 Å². The van der Waals surface area contributed by atoms with Gasteiger partial charge < -0.3 is 14.8 Å². The maximum Gasteiger partial charge on any atom is 0.287 e. The maximum absolute atomic E-state index is 11.6. The van der Waals surface area contributed by atoms with E-state index in [1.54, 1.807) is 6.07 Å². The molecule has 1 atom stereocenters. The molecule has 0 saturated carbocycles. The van der Waals surface area contributed by atoms with Gasteiger partial charge in [0.25, 0.3) is 5.91 Å². The van der Waals surface area contributed by atoms with Crippen molar-refractivity contribution in [2.75, 3.05) is 6.54 Å². The minimum Gasteiger partial charge on any atom is -0.444 e. The fraction of sp³-hybridized carbons (Fsp3) is 0.545. The number of aryl methyl sites for hydroxylation is 1. The molecule has 0 radical (unpaired) electrons. The first kappa shape index (κ1) is 13.3. The van der Waals surface area contributed by atoms with Crippen molar-refractivity contribution in [3.8, 4) is 0 Å². The van der Waals surface area contributed by atoms with Crippen molar-refractivity contribution < 1.29 is 14.3 Å². The molecule has 0 fully saturated rings. The van der Waals surface area contributed by atoms with Gasteiger partial charge in [-0.2, -0.15) is 0 Å². The Morgan fingerprint density at radius 2 is 2.38 bits per heavy atom. The van der Waals surface area contributed by atoms with Crippen molar-refractivity contribution in [3.63, 3.8) is 0 Å². The van der Waals surface area contributed by atoms with Gasteiger partial charge in [0, 0.05) is 12.1 Å². The van der Waals surface area contributed by atoms with E-state index < -0.39 is 0 Å². The van der Waals surface area contributed by atoms with Gasteiger partial charge in [-0.3, -0.25) is 4.79 Å². The first-order valence-corrected chi connectivity index (χ1v) is 6.06. The van der Waals surface area contributed by atoms with Crippen LogP contribution in [0.2, 0.25) is 0 Å². The van der Waals surface area contributed by atoms with E-state index in [1.807, 2.05) is 13.8 Å². The molecule has 0 aliphatic rings. The Kier molecular flexibility index (Phi) is 5.02. The van der Waals surface area contributed by atoms with Gasteiger partial charge in [-0.05, 0) is 41.8 Å². The Bertz CT molecular complexity index is 362. The second-order valence-corrected chi connectivity index (χ2v) is 4.45. The average molecular weight is 290 g/mol. The molecule has 90 valence electrons. The zero-order valence-electron chi connectivity index (χ0n) is 9.42. The number of aliphatic hydroxyl groups is 1. The molecule has 5 heteroatoms. The van der Waals surface area contributed by atoms with E-state index in [-0.39, 0.29) is 12.0 Å². The number of hydrogen-bond donors (Lipinski definition) is 2. The summed E-state index contributed by atoms with van der Waals surface area (Å²) in [5, 5.41) is 12.0. The van der Waals surface area contributed by atoms with Gasteiger partial charge in [-0.15, -0.1) is 0 Å². The lowest BCUT2D eigenvalue weighted by Gasteiger charge is -2.07. The molecule has 1 heterocycles. The second-order valence-electron chi connectivity index (χ2n) is 3.67. The largest absolute Gasteiger partial charge is 0.444 e. The lowest BCUT2D eigenvalue weighted by atomic mass is 10.2. The first-order chi connectivity index (χ1) is 7.54. The summed E-state index contributed by atoms with van der Waals surface area (Å²) in [6, 6.07) is 1.75. The summed E-state index contributed by atoms with van der Waals surface area (Å²) < 4.78 is 5.75. The third-order valence-corrected chi connectivity index (χ3v) is 2.72. The minimum absolute atomic E-state index is 0.244. The smallest absolute Gasteiger partial charge is 0.287 e. The van der Waals surface area contributed by atoms with Crippen molar-refractivity contribution in [2.24, 2.45) is 0 Å². The summed E-state index contributed by atoms with van der Waals surface area (Å²) in [5.41, 5.74) is 0.792. The molecule has 1 rings (SSSR count). The summed E-state index contributed by atoms with van der Waals surface area (Å²) in [7, 11) is 0. The quantitative estimate of drug-likeness (QED) is 0.874. The normalized spacial score (nSPS) is 12.5. The molecule has 1 aromatic rings. The van der Waals surface area contributed by atoms with Crippen LogP contribution >= 0.6 is 15.9 Å². The van der Waals surface area contributed by atoms with E-state index in [1.165, 1.54) is 0 Å². The number of carbonyl (C=O) groups excluding carboxylic acids is 1. The Morgan fingerprint density at radius 3 is 2.88 bits per heavy atom. The standard InChI is InChI=1S/C11H16BrNO3/c1-3-8(14)4-5-13-11(15)10-7(2)6-9(12)16-10/h6,8,14H,3-5H2,1-2H3,(H,13,15). The summed E-state index contributed by atoms with van der Waals surface area (Å²) >= 11 is 3.17. The topological polar surface area (TPSA) is 62.5 Å². The van der Waals surface area contributed by atoms with Gasteiger partial charge >= 0.3 is 0 Å². The van der Waals surface area contributed by atoms with Gasteiger partial charge in [-0.1, -0.05) is 6.92 Å². The van der Waals surface area contributed by atoms with Crippen LogP contribution in [0, 0.1) is 6.92 Å². The van der Waals surface area contributed by atoms with Gasteiger partial charge in [0.1, 0.15) is 0 Å². The number of carbonyl (C=O) groups is 1. The van der Waals surface area contributed by atoms with E-state index in [9.17, 15) is 9.90 Å². The summed E-state index contributed by atoms with van der Waals surface area (Å²) in [5.74, 6) is 0.0735. The highest BCUT2D eigenvalue weighted by Gasteiger charge is 2.14. The third-order valence-electron chi connectivity index (χ3n) is 2.33. The van der Waals surface area contributed by atoms with Crippen LogP contribution in [0.3, 0.4) is 0 Å². The predicted octanol–water partition coefficient (Wildman–Crippen LogP) is 2.24. The van der Waals surface area contributed by atoms with Crippen LogP contribution < -0.4 is 5.32 Å². The highest BCUT2D eigenvalue weighted by molar-refractivity contribution is 9.10. The van der Waals surface area contributed by atoms with Crippen molar-refractivity contribution in [1.29, 1.82) is 0 Å². The fourth-order valence-corrected chi connectivity index (χ4v) is 1.81. The molecule has 2 N–H and O–H groups in total. The molecule has 0 aromatic carbocycles. The van der Waals surface area contributed by atoms with Crippen LogP contribution in [-0.4, -0.2) is 23.7 Å². The first-order valence-electron chi connectivity index (χ1n) is 5.26. The Balaban J connectivity index is 2.44. The van der Waals surface area contributed by atoms with Crippen molar-refractivity contribution >= 4 is 21.8 Å². The number of furan rings is 1. The maximum atomic E-state index is 11.6. The van der Waals surface area contributed by atoms with E-state index in [0.717, 1.165) is 5.56 Å².